The fourth-order valence-electron chi connectivity index (χ4n) is 3.23. The molecule has 0 fully saturated rings. The van der Waals surface area contributed by atoms with Gasteiger partial charge in [-0.05, 0) is 42.6 Å². The lowest BCUT2D eigenvalue weighted by Gasteiger charge is -2.15. The summed E-state index contributed by atoms with van der Waals surface area (Å²) in [6.45, 7) is 1.83. The van der Waals surface area contributed by atoms with Crippen molar-refractivity contribution in [2.45, 2.75) is 25.5 Å². The molecule has 1 amide bonds. The smallest absolute Gasteiger partial charge is 0.255 e. The van der Waals surface area contributed by atoms with Crippen molar-refractivity contribution in [1.82, 2.24) is 10.6 Å². The second-order valence-corrected chi connectivity index (χ2v) is 7.42. The van der Waals surface area contributed by atoms with Gasteiger partial charge in [0.25, 0.3) is 5.91 Å². The normalized spacial score (nSPS) is 11.6. The van der Waals surface area contributed by atoms with Crippen LogP contribution in [0.5, 0.6) is 5.75 Å². The first-order chi connectivity index (χ1) is 15.2. The van der Waals surface area contributed by atoms with E-state index in [9.17, 15) is 9.90 Å². The van der Waals surface area contributed by atoms with Crippen LogP contribution in [0.25, 0.3) is 0 Å². The zero-order chi connectivity index (χ0) is 21.7. The van der Waals surface area contributed by atoms with Gasteiger partial charge in [0.05, 0.1) is 5.56 Å². The number of ether oxygens (including phenoxy) is 1. The summed E-state index contributed by atoms with van der Waals surface area (Å²) in [6.07, 6.45) is 1.35. The van der Waals surface area contributed by atoms with Gasteiger partial charge >= 0.3 is 0 Å². The lowest BCUT2D eigenvalue weighted by Crippen LogP contribution is -2.32. The Morgan fingerprint density at radius 1 is 0.871 bits per heavy atom. The first-order valence-corrected chi connectivity index (χ1v) is 10.7. The first-order valence-electron chi connectivity index (χ1n) is 10.7. The van der Waals surface area contributed by atoms with Crippen molar-refractivity contribution in [3.05, 3.63) is 102 Å². The van der Waals surface area contributed by atoms with Crippen LogP contribution in [0.3, 0.4) is 0 Å². The lowest BCUT2D eigenvalue weighted by atomic mass is 10.1. The summed E-state index contributed by atoms with van der Waals surface area (Å²) >= 11 is 0. The van der Waals surface area contributed by atoms with Crippen molar-refractivity contribution in [2.24, 2.45) is 0 Å². The number of aliphatic hydroxyl groups excluding tert-OH is 1. The van der Waals surface area contributed by atoms with Crippen molar-refractivity contribution in [2.75, 3.05) is 19.7 Å². The topological polar surface area (TPSA) is 70.6 Å². The van der Waals surface area contributed by atoms with Crippen molar-refractivity contribution < 1.29 is 14.6 Å². The number of amides is 1. The Bertz CT molecular complexity index is 916. The van der Waals surface area contributed by atoms with Crippen molar-refractivity contribution in [1.29, 1.82) is 0 Å². The summed E-state index contributed by atoms with van der Waals surface area (Å²) in [7, 11) is 0. The van der Waals surface area contributed by atoms with Crippen LogP contribution in [-0.2, 0) is 13.0 Å². The third-order valence-corrected chi connectivity index (χ3v) is 4.90. The van der Waals surface area contributed by atoms with Gasteiger partial charge in [0.2, 0.25) is 0 Å². The Kier molecular flexibility index (Phi) is 9.10. The van der Waals surface area contributed by atoms with Crippen molar-refractivity contribution >= 4 is 5.91 Å². The van der Waals surface area contributed by atoms with Crippen LogP contribution < -0.4 is 15.4 Å². The van der Waals surface area contributed by atoms with E-state index < -0.39 is 6.10 Å². The number of aryl methyl sites for hydroxylation is 1. The van der Waals surface area contributed by atoms with Gasteiger partial charge in [-0.3, -0.25) is 4.79 Å². The number of benzene rings is 3. The minimum atomic E-state index is -0.655. The Hall–Kier alpha value is -3.15. The maximum Gasteiger partial charge on any atom is 0.255 e. The molecule has 5 heteroatoms. The van der Waals surface area contributed by atoms with Gasteiger partial charge in [0, 0.05) is 13.1 Å². The number of aliphatic hydroxyl groups is 1. The first kappa shape index (κ1) is 22.5. The second-order valence-electron chi connectivity index (χ2n) is 7.42. The van der Waals surface area contributed by atoms with E-state index in [4.69, 9.17) is 4.74 Å². The number of hydrogen-bond acceptors (Lipinski definition) is 4. The van der Waals surface area contributed by atoms with Gasteiger partial charge in [-0.15, -0.1) is 0 Å². The van der Waals surface area contributed by atoms with E-state index in [2.05, 4.69) is 22.8 Å². The molecule has 5 nitrogen and oxygen atoms in total. The van der Waals surface area contributed by atoms with Crippen LogP contribution in [0.2, 0.25) is 0 Å². The average molecular weight is 419 g/mol. The zero-order valence-corrected chi connectivity index (χ0v) is 17.7. The molecule has 0 saturated carbocycles. The third kappa shape index (κ3) is 7.89. The number of hydrogen-bond donors (Lipinski definition) is 3. The molecule has 3 aromatic carbocycles. The highest BCUT2D eigenvalue weighted by Gasteiger charge is 2.13. The number of rotatable bonds is 12. The molecule has 0 saturated heterocycles. The van der Waals surface area contributed by atoms with Crippen LogP contribution in [0.4, 0.5) is 0 Å². The molecule has 1 atom stereocenters. The molecule has 31 heavy (non-hydrogen) atoms. The summed E-state index contributed by atoms with van der Waals surface area (Å²) in [5, 5.41) is 16.4. The largest absolute Gasteiger partial charge is 0.490 e. The quantitative estimate of drug-likeness (QED) is 0.393. The summed E-state index contributed by atoms with van der Waals surface area (Å²) in [5.74, 6) is 0.268. The fourth-order valence-corrected chi connectivity index (χ4v) is 3.23. The van der Waals surface area contributed by atoms with Gasteiger partial charge in [-0.2, -0.15) is 0 Å². The standard InChI is InChI=1S/C26H30N2O3/c29-23(19-27-17-9-14-21-10-3-1-4-11-21)20-31-25-16-8-7-15-24(25)26(30)28-18-22-12-5-2-6-13-22/h1-8,10-13,15-16,23,27,29H,9,14,17-20H2,(H,28,30). The maximum atomic E-state index is 12.6. The molecule has 162 valence electrons. The molecule has 0 aliphatic rings. The summed E-state index contributed by atoms with van der Waals surface area (Å²) in [4.78, 5) is 12.6. The Labute approximate surface area is 184 Å². The van der Waals surface area contributed by atoms with E-state index in [1.807, 2.05) is 54.6 Å². The summed E-state index contributed by atoms with van der Waals surface area (Å²) in [6, 6.07) is 27.2. The molecule has 3 rings (SSSR count). The molecule has 0 radical (unpaired) electrons. The summed E-state index contributed by atoms with van der Waals surface area (Å²) in [5.41, 5.74) is 2.81. The Morgan fingerprint density at radius 3 is 2.26 bits per heavy atom. The SMILES string of the molecule is O=C(NCc1ccccc1)c1ccccc1OCC(O)CNCCCc1ccccc1. The molecular formula is C26H30N2O3. The molecular weight excluding hydrogens is 388 g/mol. The number of carbonyl (C=O) groups is 1. The Balaban J connectivity index is 1.39. The highest BCUT2D eigenvalue weighted by atomic mass is 16.5. The predicted octanol–water partition coefficient (Wildman–Crippen LogP) is 3.58. The van der Waals surface area contributed by atoms with Gasteiger partial charge in [0.1, 0.15) is 18.5 Å². The van der Waals surface area contributed by atoms with Gasteiger partial charge in [0.15, 0.2) is 0 Å². The number of carbonyl (C=O) groups excluding carboxylic acids is 1. The second kappa shape index (κ2) is 12.5. The van der Waals surface area contributed by atoms with Crippen LogP contribution in [-0.4, -0.2) is 36.8 Å². The van der Waals surface area contributed by atoms with E-state index in [1.165, 1.54) is 5.56 Å². The van der Waals surface area contributed by atoms with Gasteiger partial charge in [-0.1, -0.05) is 72.8 Å². The van der Waals surface area contributed by atoms with Crippen LogP contribution in [0, 0.1) is 0 Å². The van der Waals surface area contributed by atoms with E-state index in [0.29, 0.717) is 24.4 Å². The molecule has 0 aliphatic heterocycles. The van der Waals surface area contributed by atoms with Crippen LogP contribution in [0.1, 0.15) is 27.9 Å². The fraction of sp³-hybridized carbons (Fsp3) is 0.269. The highest BCUT2D eigenvalue weighted by molar-refractivity contribution is 5.96. The maximum absolute atomic E-state index is 12.6. The molecule has 3 aromatic rings. The lowest BCUT2D eigenvalue weighted by molar-refractivity contribution is 0.0923. The number of para-hydroxylation sites is 1. The third-order valence-electron chi connectivity index (χ3n) is 4.90. The monoisotopic (exact) mass is 418 g/mol. The van der Waals surface area contributed by atoms with E-state index in [-0.39, 0.29) is 12.5 Å². The molecule has 0 spiro atoms. The minimum Gasteiger partial charge on any atom is -0.490 e. The predicted molar refractivity (Wildman–Crippen MR) is 123 cm³/mol. The molecule has 1 unspecified atom stereocenters. The summed E-state index contributed by atoms with van der Waals surface area (Å²) < 4.78 is 5.75. The molecule has 0 heterocycles. The van der Waals surface area contributed by atoms with Gasteiger partial charge < -0.3 is 20.5 Å². The van der Waals surface area contributed by atoms with E-state index >= 15 is 0 Å². The highest BCUT2D eigenvalue weighted by Crippen LogP contribution is 2.18. The number of nitrogens with one attached hydrogen (secondary N) is 2. The molecule has 3 N–H and O–H groups in total. The van der Waals surface area contributed by atoms with Gasteiger partial charge in [-0.25, -0.2) is 0 Å². The Morgan fingerprint density at radius 2 is 1.52 bits per heavy atom. The van der Waals surface area contributed by atoms with Crippen molar-refractivity contribution in [3.8, 4) is 5.75 Å². The van der Waals surface area contributed by atoms with Crippen molar-refractivity contribution in [3.63, 3.8) is 0 Å². The average Bonchev–Trinajstić information content (AvgIpc) is 2.82. The van der Waals surface area contributed by atoms with E-state index in [1.54, 1.807) is 18.2 Å². The molecule has 0 bridgehead atoms. The van der Waals surface area contributed by atoms with Crippen LogP contribution in [0.15, 0.2) is 84.9 Å². The van der Waals surface area contributed by atoms with E-state index in [0.717, 1.165) is 24.9 Å². The zero-order valence-electron chi connectivity index (χ0n) is 17.7. The van der Waals surface area contributed by atoms with Crippen LogP contribution >= 0.6 is 0 Å². The molecule has 0 aromatic heterocycles. The molecule has 0 aliphatic carbocycles. The minimum absolute atomic E-state index is 0.120.